The van der Waals surface area contributed by atoms with Gasteiger partial charge in [0.2, 0.25) is 0 Å². The molecular formula is C11H18N2O2S. The highest BCUT2D eigenvalue weighted by Gasteiger charge is 2.41. The molecule has 0 radical (unpaired) electrons. The van der Waals surface area contributed by atoms with Gasteiger partial charge in [-0.25, -0.2) is 0 Å². The molecule has 4 nitrogen and oxygen atoms in total. The number of thioether (sulfide) groups is 1. The van der Waals surface area contributed by atoms with E-state index in [4.69, 9.17) is 5.21 Å². The normalized spacial score (nSPS) is 39.7. The van der Waals surface area contributed by atoms with Gasteiger partial charge in [-0.05, 0) is 32.6 Å². The fourth-order valence-corrected chi connectivity index (χ4v) is 3.35. The zero-order chi connectivity index (χ0) is 11.8. The van der Waals surface area contributed by atoms with Gasteiger partial charge in [0.25, 0.3) is 0 Å². The first-order valence-corrected chi connectivity index (χ1v) is 6.60. The molecule has 1 fully saturated rings. The lowest BCUT2D eigenvalue weighted by molar-refractivity contribution is 0.0926. The number of hydrogen-bond acceptors (Lipinski definition) is 5. The van der Waals surface area contributed by atoms with Crippen molar-refractivity contribution in [3.05, 3.63) is 0 Å². The molecule has 0 aromatic rings. The fraction of sp³-hybridized carbons (Fsp3) is 0.818. The van der Waals surface area contributed by atoms with Crippen molar-refractivity contribution in [3.8, 4) is 0 Å². The van der Waals surface area contributed by atoms with Crippen LogP contribution in [0.3, 0.4) is 0 Å². The van der Waals surface area contributed by atoms with Gasteiger partial charge in [0.1, 0.15) is 10.6 Å². The highest BCUT2D eigenvalue weighted by molar-refractivity contribution is 8.15. The monoisotopic (exact) mass is 242 g/mol. The van der Waals surface area contributed by atoms with E-state index in [0.29, 0.717) is 30.9 Å². The maximum Gasteiger partial charge on any atom is 0.113 e. The Morgan fingerprint density at radius 2 is 2.00 bits per heavy atom. The van der Waals surface area contributed by atoms with Crippen LogP contribution in [0, 0.1) is 0 Å². The molecule has 2 unspecified atom stereocenters. The van der Waals surface area contributed by atoms with Gasteiger partial charge in [-0.2, -0.15) is 0 Å². The summed E-state index contributed by atoms with van der Waals surface area (Å²) in [6, 6.07) is 0.289. The van der Waals surface area contributed by atoms with Gasteiger partial charge in [0.05, 0.1) is 11.8 Å². The zero-order valence-corrected chi connectivity index (χ0v) is 10.5. The molecule has 0 amide bonds. The van der Waals surface area contributed by atoms with E-state index < -0.39 is 5.60 Å². The van der Waals surface area contributed by atoms with Crippen molar-refractivity contribution in [3.63, 3.8) is 0 Å². The lowest BCUT2D eigenvalue weighted by Crippen LogP contribution is -2.40. The van der Waals surface area contributed by atoms with Crippen LogP contribution in [0.25, 0.3) is 0 Å². The molecule has 16 heavy (non-hydrogen) atoms. The van der Waals surface area contributed by atoms with Crippen molar-refractivity contribution in [1.82, 2.24) is 0 Å². The standard InChI is InChI=1S/C11H18N2O2S/c1-7-8(2)16-10(12-7)11(14)5-3-9(13-15)4-6-11/h7-8,14-15H,3-6H2,1-2H3. The number of nitrogens with zero attached hydrogens (tertiary/aromatic N) is 2. The van der Waals surface area contributed by atoms with Crippen LogP contribution in [0.2, 0.25) is 0 Å². The van der Waals surface area contributed by atoms with Crippen molar-refractivity contribution in [2.45, 2.75) is 56.4 Å². The van der Waals surface area contributed by atoms with Gasteiger partial charge in [0, 0.05) is 5.25 Å². The molecule has 2 N–H and O–H groups in total. The predicted molar refractivity (Wildman–Crippen MR) is 66.6 cm³/mol. The Bertz CT molecular complexity index is 331. The van der Waals surface area contributed by atoms with Crippen LogP contribution in [-0.4, -0.2) is 38.0 Å². The van der Waals surface area contributed by atoms with E-state index in [2.05, 4.69) is 24.0 Å². The van der Waals surface area contributed by atoms with Gasteiger partial charge < -0.3 is 10.3 Å². The lowest BCUT2D eigenvalue weighted by Gasteiger charge is -2.32. The molecule has 0 aromatic heterocycles. The Morgan fingerprint density at radius 3 is 2.44 bits per heavy atom. The average molecular weight is 242 g/mol. The van der Waals surface area contributed by atoms with E-state index in [1.807, 2.05) is 0 Å². The number of aliphatic hydroxyl groups is 1. The van der Waals surface area contributed by atoms with E-state index in [-0.39, 0.29) is 6.04 Å². The molecule has 1 aliphatic heterocycles. The third-order valence-electron chi connectivity index (χ3n) is 3.49. The highest BCUT2D eigenvalue weighted by atomic mass is 32.2. The summed E-state index contributed by atoms with van der Waals surface area (Å²) in [7, 11) is 0. The third-order valence-corrected chi connectivity index (χ3v) is 4.97. The molecule has 2 aliphatic rings. The molecule has 1 saturated carbocycles. The Hall–Kier alpha value is -0.550. The maximum absolute atomic E-state index is 10.5. The minimum atomic E-state index is -0.780. The largest absolute Gasteiger partial charge is 0.411 e. The van der Waals surface area contributed by atoms with Crippen molar-refractivity contribution in [1.29, 1.82) is 0 Å². The minimum Gasteiger partial charge on any atom is -0.411 e. The smallest absolute Gasteiger partial charge is 0.113 e. The zero-order valence-electron chi connectivity index (χ0n) is 9.68. The van der Waals surface area contributed by atoms with Crippen molar-refractivity contribution in [2.24, 2.45) is 10.1 Å². The average Bonchev–Trinajstić information content (AvgIpc) is 2.61. The second-order valence-corrected chi connectivity index (χ2v) is 6.06. The summed E-state index contributed by atoms with van der Waals surface area (Å²) in [6.45, 7) is 4.22. The number of aliphatic imine (C=N–C) groups is 1. The molecule has 1 heterocycles. The van der Waals surface area contributed by atoms with E-state index in [1.165, 1.54) is 0 Å². The Kier molecular flexibility index (Phi) is 3.26. The highest BCUT2D eigenvalue weighted by Crippen LogP contribution is 2.38. The molecule has 2 rings (SSSR count). The number of rotatable bonds is 1. The molecule has 0 spiro atoms. The van der Waals surface area contributed by atoms with Crippen LogP contribution in [0.15, 0.2) is 10.1 Å². The second-order valence-electron chi connectivity index (χ2n) is 4.70. The van der Waals surface area contributed by atoms with Gasteiger partial charge in [-0.3, -0.25) is 4.99 Å². The first kappa shape index (κ1) is 11.9. The molecule has 90 valence electrons. The fourth-order valence-electron chi connectivity index (χ4n) is 2.09. The summed E-state index contributed by atoms with van der Waals surface area (Å²) in [5, 5.41) is 23.8. The van der Waals surface area contributed by atoms with Crippen LogP contribution in [0.1, 0.15) is 39.5 Å². The Labute approximate surface area is 99.8 Å². The van der Waals surface area contributed by atoms with Gasteiger partial charge >= 0.3 is 0 Å². The van der Waals surface area contributed by atoms with Crippen molar-refractivity contribution < 1.29 is 10.3 Å². The van der Waals surface area contributed by atoms with E-state index in [9.17, 15) is 5.11 Å². The molecule has 0 aromatic carbocycles. The van der Waals surface area contributed by atoms with Gasteiger partial charge in [0.15, 0.2) is 0 Å². The third kappa shape index (κ3) is 2.11. The summed E-state index contributed by atoms with van der Waals surface area (Å²) >= 11 is 1.69. The summed E-state index contributed by atoms with van der Waals surface area (Å²) in [5.41, 5.74) is 0.00657. The second kappa shape index (κ2) is 4.37. The Morgan fingerprint density at radius 1 is 1.38 bits per heavy atom. The quantitative estimate of drug-likeness (QED) is 0.546. The van der Waals surface area contributed by atoms with E-state index >= 15 is 0 Å². The summed E-state index contributed by atoms with van der Waals surface area (Å²) < 4.78 is 0. The minimum absolute atomic E-state index is 0.289. The van der Waals surface area contributed by atoms with Crippen LogP contribution < -0.4 is 0 Å². The maximum atomic E-state index is 10.5. The van der Waals surface area contributed by atoms with Crippen LogP contribution >= 0.6 is 11.8 Å². The molecule has 2 atom stereocenters. The lowest BCUT2D eigenvalue weighted by atomic mass is 9.84. The summed E-state index contributed by atoms with van der Waals surface area (Å²) in [5.74, 6) is 0. The first-order chi connectivity index (χ1) is 7.55. The number of oxime groups is 1. The van der Waals surface area contributed by atoms with E-state index in [0.717, 1.165) is 10.8 Å². The summed E-state index contributed by atoms with van der Waals surface area (Å²) in [4.78, 5) is 4.54. The summed E-state index contributed by atoms with van der Waals surface area (Å²) in [6.07, 6.45) is 2.57. The molecule has 0 saturated heterocycles. The van der Waals surface area contributed by atoms with E-state index in [1.54, 1.807) is 11.8 Å². The topological polar surface area (TPSA) is 65.2 Å². The van der Waals surface area contributed by atoms with Crippen LogP contribution in [0.4, 0.5) is 0 Å². The molecule has 1 aliphatic carbocycles. The van der Waals surface area contributed by atoms with Crippen molar-refractivity contribution in [2.75, 3.05) is 0 Å². The molecule has 5 heteroatoms. The molecule has 0 bridgehead atoms. The Balaban J connectivity index is 2.08. The SMILES string of the molecule is CC1N=C(C2(O)CCC(=NO)CC2)SC1C. The predicted octanol–water partition coefficient (Wildman–Crippen LogP) is 2.04. The van der Waals surface area contributed by atoms with Crippen LogP contribution in [0.5, 0.6) is 0 Å². The first-order valence-electron chi connectivity index (χ1n) is 5.72. The van der Waals surface area contributed by atoms with Gasteiger partial charge in [-0.15, -0.1) is 11.8 Å². The van der Waals surface area contributed by atoms with Crippen molar-refractivity contribution >= 4 is 22.5 Å². The van der Waals surface area contributed by atoms with Crippen LogP contribution in [-0.2, 0) is 0 Å². The van der Waals surface area contributed by atoms with Gasteiger partial charge in [-0.1, -0.05) is 12.1 Å². The molecular weight excluding hydrogens is 224 g/mol. The number of hydrogen-bond donors (Lipinski definition) is 2.